The number of nitrogens with two attached hydrogens (primary N) is 1. The van der Waals surface area contributed by atoms with E-state index in [4.69, 9.17) is 15.3 Å². The summed E-state index contributed by atoms with van der Waals surface area (Å²) in [6, 6.07) is 0.443. The first-order valence-electron chi connectivity index (χ1n) is 5.59. The van der Waals surface area contributed by atoms with E-state index < -0.39 is 0 Å². The van der Waals surface area contributed by atoms with Gasteiger partial charge in [0.15, 0.2) is 0 Å². The van der Waals surface area contributed by atoms with Crippen molar-refractivity contribution in [1.82, 2.24) is 10.3 Å². The molecule has 0 aromatic rings. The Labute approximate surface area is 96.8 Å². The Morgan fingerprint density at radius 2 is 1.88 bits per heavy atom. The number of aliphatic imine (C=N–C) groups is 1. The van der Waals surface area contributed by atoms with Crippen molar-refractivity contribution in [1.29, 1.82) is 0 Å². The molecule has 6 heteroatoms. The smallest absolute Gasteiger partial charge is 0.208 e. The van der Waals surface area contributed by atoms with Crippen molar-refractivity contribution < 1.29 is 9.47 Å². The maximum atomic E-state index is 5.49. The first-order valence-corrected chi connectivity index (χ1v) is 5.59. The molecule has 1 saturated carbocycles. The van der Waals surface area contributed by atoms with E-state index in [2.05, 4.69) is 10.4 Å². The number of ether oxygens (including phenoxy) is 2. The van der Waals surface area contributed by atoms with Crippen LogP contribution >= 0.6 is 0 Å². The molecule has 1 fully saturated rings. The zero-order valence-electron chi connectivity index (χ0n) is 10.1. The van der Waals surface area contributed by atoms with Gasteiger partial charge in [-0.3, -0.25) is 5.43 Å². The average molecular weight is 230 g/mol. The van der Waals surface area contributed by atoms with Gasteiger partial charge in [0.25, 0.3) is 0 Å². The van der Waals surface area contributed by atoms with Gasteiger partial charge in [0.2, 0.25) is 5.96 Å². The van der Waals surface area contributed by atoms with Crippen LogP contribution in [0.1, 0.15) is 12.8 Å². The van der Waals surface area contributed by atoms with Crippen LogP contribution in [0.25, 0.3) is 0 Å². The summed E-state index contributed by atoms with van der Waals surface area (Å²) in [5, 5.41) is 0. The van der Waals surface area contributed by atoms with Crippen molar-refractivity contribution in [3.63, 3.8) is 0 Å². The fourth-order valence-electron chi connectivity index (χ4n) is 1.31. The predicted octanol–water partition coefficient (Wildman–Crippen LogP) is -0.437. The Morgan fingerprint density at radius 3 is 2.25 bits per heavy atom. The van der Waals surface area contributed by atoms with Crippen molar-refractivity contribution >= 4 is 5.96 Å². The summed E-state index contributed by atoms with van der Waals surface area (Å²) in [7, 11) is 3.37. The molecule has 0 radical (unpaired) electrons. The second-order valence-corrected chi connectivity index (χ2v) is 3.80. The normalized spacial score (nSPS) is 16.3. The third-order valence-corrected chi connectivity index (χ3v) is 2.41. The summed E-state index contributed by atoms with van der Waals surface area (Å²) >= 11 is 0. The molecule has 1 aliphatic carbocycles. The van der Waals surface area contributed by atoms with Gasteiger partial charge in [-0.1, -0.05) is 0 Å². The summed E-state index contributed by atoms with van der Waals surface area (Å²) < 4.78 is 10.1. The first kappa shape index (κ1) is 13.2. The van der Waals surface area contributed by atoms with Crippen LogP contribution in [-0.2, 0) is 9.47 Å². The van der Waals surface area contributed by atoms with Crippen molar-refractivity contribution in [2.45, 2.75) is 18.9 Å². The van der Waals surface area contributed by atoms with Gasteiger partial charge >= 0.3 is 0 Å². The molecule has 1 rings (SSSR count). The molecule has 94 valence electrons. The van der Waals surface area contributed by atoms with Gasteiger partial charge in [0, 0.05) is 27.3 Å². The summed E-state index contributed by atoms with van der Waals surface area (Å²) in [5.74, 6) is 6.22. The van der Waals surface area contributed by atoms with Gasteiger partial charge in [0.1, 0.15) is 0 Å². The SMILES string of the molecule is COCCN(CCOC)C(=NC1CC1)NN. The molecule has 0 aromatic heterocycles. The number of nitrogens with zero attached hydrogens (tertiary/aromatic N) is 2. The minimum atomic E-state index is 0.443. The van der Waals surface area contributed by atoms with Gasteiger partial charge in [-0.25, -0.2) is 10.8 Å². The van der Waals surface area contributed by atoms with Crippen LogP contribution < -0.4 is 11.3 Å². The topological polar surface area (TPSA) is 72.1 Å². The average Bonchev–Trinajstić information content (AvgIpc) is 3.11. The van der Waals surface area contributed by atoms with Gasteiger partial charge in [-0.05, 0) is 12.8 Å². The second kappa shape index (κ2) is 7.43. The monoisotopic (exact) mass is 230 g/mol. The fraction of sp³-hybridized carbons (Fsp3) is 0.900. The summed E-state index contributed by atoms with van der Waals surface area (Å²) in [6.07, 6.45) is 2.32. The summed E-state index contributed by atoms with van der Waals surface area (Å²) in [6.45, 7) is 2.81. The van der Waals surface area contributed by atoms with E-state index in [1.54, 1.807) is 14.2 Å². The minimum absolute atomic E-state index is 0.443. The Kier molecular flexibility index (Phi) is 6.14. The molecule has 0 amide bonds. The number of hydrogen-bond acceptors (Lipinski definition) is 4. The molecular weight excluding hydrogens is 208 g/mol. The van der Waals surface area contributed by atoms with Gasteiger partial charge in [0.05, 0.1) is 19.3 Å². The molecule has 0 saturated heterocycles. The van der Waals surface area contributed by atoms with Gasteiger partial charge in [-0.2, -0.15) is 0 Å². The highest BCUT2D eigenvalue weighted by atomic mass is 16.5. The molecule has 0 aliphatic heterocycles. The number of nitrogens with one attached hydrogen (secondary N) is 1. The lowest BCUT2D eigenvalue weighted by Gasteiger charge is -2.24. The highest BCUT2D eigenvalue weighted by molar-refractivity contribution is 5.79. The molecule has 0 aromatic carbocycles. The van der Waals surface area contributed by atoms with E-state index in [1.165, 1.54) is 0 Å². The van der Waals surface area contributed by atoms with E-state index >= 15 is 0 Å². The summed E-state index contributed by atoms with van der Waals surface area (Å²) in [5.41, 5.74) is 2.66. The lowest BCUT2D eigenvalue weighted by molar-refractivity contribution is 0.144. The highest BCUT2D eigenvalue weighted by Gasteiger charge is 2.22. The molecule has 0 unspecified atom stereocenters. The Morgan fingerprint density at radius 1 is 1.31 bits per heavy atom. The fourth-order valence-corrected chi connectivity index (χ4v) is 1.31. The molecule has 6 nitrogen and oxygen atoms in total. The maximum Gasteiger partial charge on any atom is 0.208 e. The maximum absolute atomic E-state index is 5.49. The quantitative estimate of drug-likeness (QED) is 0.268. The standard InChI is InChI=1S/C10H22N4O2/c1-15-7-5-14(6-8-16-2)10(13-11)12-9-3-4-9/h9H,3-8,11H2,1-2H3,(H,12,13). The van der Waals surface area contributed by atoms with E-state index in [9.17, 15) is 0 Å². The van der Waals surface area contributed by atoms with Crippen molar-refractivity contribution in [2.24, 2.45) is 10.8 Å². The zero-order chi connectivity index (χ0) is 11.8. The molecule has 0 bridgehead atoms. The molecule has 16 heavy (non-hydrogen) atoms. The first-order chi connectivity index (χ1) is 7.81. The third-order valence-electron chi connectivity index (χ3n) is 2.41. The second-order valence-electron chi connectivity index (χ2n) is 3.80. The largest absolute Gasteiger partial charge is 0.383 e. The molecule has 0 heterocycles. The van der Waals surface area contributed by atoms with Crippen LogP contribution in [0.5, 0.6) is 0 Å². The van der Waals surface area contributed by atoms with Crippen molar-refractivity contribution in [3.8, 4) is 0 Å². The van der Waals surface area contributed by atoms with Crippen molar-refractivity contribution in [2.75, 3.05) is 40.5 Å². The van der Waals surface area contributed by atoms with Crippen LogP contribution in [0.2, 0.25) is 0 Å². The Bertz CT molecular complexity index is 211. The zero-order valence-corrected chi connectivity index (χ0v) is 10.1. The highest BCUT2D eigenvalue weighted by Crippen LogP contribution is 2.23. The van der Waals surface area contributed by atoms with Gasteiger partial charge in [-0.15, -0.1) is 0 Å². The van der Waals surface area contributed by atoms with E-state index in [0.29, 0.717) is 19.3 Å². The summed E-state index contributed by atoms with van der Waals surface area (Å²) in [4.78, 5) is 6.55. The van der Waals surface area contributed by atoms with Crippen LogP contribution in [-0.4, -0.2) is 57.4 Å². The molecule has 3 N–H and O–H groups in total. The Hall–Kier alpha value is -0.850. The number of rotatable bonds is 7. The molecule has 1 aliphatic rings. The van der Waals surface area contributed by atoms with Crippen LogP contribution in [0.4, 0.5) is 0 Å². The van der Waals surface area contributed by atoms with E-state index in [0.717, 1.165) is 31.9 Å². The molecule has 0 atom stereocenters. The lowest BCUT2D eigenvalue weighted by atomic mass is 10.5. The number of hydrazine groups is 1. The van der Waals surface area contributed by atoms with Gasteiger partial charge < -0.3 is 14.4 Å². The predicted molar refractivity (Wildman–Crippen MR) is 63.1 cm³/mol. The number of hydrogen-bond donors (Lipinski definition) is 2. The van der Waals surface area contributed by atoms with Crippen molar-refractivity contribution in [3.05, 3.63) is 0 Å². The number of guanidine groups is 1. The number of methoxy groups -OCH3 is 2. The molecular formula is C10H22N4O2. The third kappa shape index (κ3) is 4.78. The lowest BCUT2D eigenvalue weighted by Crippen LogP contribution is -2.47. The Balaban J connectivity index is 2.48. The van der Waals surface area contributed by atoms with Crippen LogP contribution in [0.3, 0.4) is 0 Å². The van der Waals surface area contributed by atoms with E-state index in [-0.39, 0.29) is 0 Å². The van der Waals surface area contributed by atoms with E-state index in [1.807, 2.05) is 4.90 Å². The van der Waals surface area contributed by atoms with Crippen LogP contribution in [0.15, 0.2) is 4.99 Å². The van der Waals surface area contributed by atoms with Crippen LogP contribution in [0, 0.1) is 0 Å². The molecule has 0 spiro atoms. The minimum Gasteiger partial charge on any atom is -0.383 e.